The zero-order valence-corrected chi connectivity index (χ0v) is 16.4. The Morgan fingerprint density at radius 1 is 1.14 bits per heavy atom. The minimum atomic E-state index is -0.264. The van der Waals surface area contributed by atoms with Gasteiger partial charge in [0, 0.05) is 57.2 Å². The quantitative estimate of drug-likeness (QED) is 0.718. The van der Waals surface area contributed by atoms with E-state index in [4.69, 9.17) is 4.74 Å². The molecule has 0 spiro atoms. The summed E-state index contributed by atoms with van der Waals surface area (Å²) in [6, 6.07) is 11.2. The molecule has 1 fully saturated rings. The Bertz CT molecular complexity index is 1060. The molecule has 1 aliphatic heterocycles. The number of aromatic nitrogens is 2. The number of aromatic amines is 1. The molecule has 7 heteroatoms. The number of nitrogens with one attached hydrogen (secondary N) is 1. The van der Waals surface area contributed by atoms with Crippen LogP contribution in [0.15, 0.2) is 53.6 Å². The Balaban J connectivity index is 1.42. The number of carbonyl (C=O) groups excluding carboxylic acids is 1. The second-order valence-electron chi connectivity index (χ2n) is 7.12. The highest BCUT2D eigenvalue weighted by Crippen LogP contribution is 2.21. The van der Waals surface area contributed by atoms with Gasteiger partial charge in [-0.25, -0.2) is 0 Å². The highest BCUT2D eigenvalue weighted by molar-refractivity contribution is 5.98. The van der Waals surface area contributed by atoms with Crippen molar-refractivity contribution in [3.8, 4) is 5.75 Å². The number of pyridine rings is 2. The number of hydrogen-bond acceptors (Lipinski definition) is 5. The van der Waals surface area contributed by atoms with Crippen molar-refractivity contribution in [3.63, 3.8) is 0 Å². The number of amides is 1. The van der Waals surface area contributed by atoms with Crippen LogP contribution in [0.4, 0.5) is 0 Å². The number of benzene rings is 1. The minimum absolute atomic E-state index is 0.174. The first-order valence-corrected chi connectivity index (χ1v) is 9.77. The van der Waals surface area contributed by atoms with Gasteiger partial charge in [-0.15, -0.1) is 0 Å². The molecule has 0 aliphatic carbocycles. The molecule has 0 unspecified atom stereocenters. The Kier molecular flexibility index (Phi) is 5.57. The van der Waals surface area contributed by atoms with Crippen molar-refractivity contribution in [3.05, 3.63) is 70.3 Å². The normalized spacial score (nSPS) is 14.9. The molecule has 0 radical (unpaired) electrons. The van der Waals surface area contributed by atoms with Crippen LogP contribution in [0.1, 0.15) is 16.1 Å². The molecule has 7 nitrogen and oxygen atoms in total. The van der Waals surface area contributed by atoms with Crippen LogP contribution in [0.3, 0.4) is 0 Å². The monoisotopic (exact) mass is 392 g/mol. The van der Waals surface area contributed by atoms with Crippen LogP contribution in [0, 0.1) is 0 Å². The third-order valence-corrected chi connectivity index (χ3v) is 5.40. The van der Waals surface area contributed by atoms with Crippen LogP contribution in [0.2, 0.25) is 0 Å². The molecule has 1 aromatic carbocycles. The minimum Gasteiger partial charge on any atom is -0.495 e. The van der Waals surface area contributed by atoms with Crippen LogP contribution >= 0.6 is 0 Å². The van der Waals surface area contributed by atoms with Crippen molar-refractivity contribution in [2.45, 2.75) is 6.42 Å². The van der Waals surface area contributed by atoms with Crippen LogP contribution in [-0.4, -0.2) is 65.5 Å². The predicted octanol–water partition coefficient (Wildman–Crippen LogP) is 1.93. The summed E-state index contributed by atoms with van der Waals surface area (Å²) in [5, 5.41) is 0.462. The largest absolute Gasteiger partial charge is 0.495 e. The van der Waals surface area contributed by atoms with E-state index in [0.29, 0.717) is 29.7 Å². The maximum absolute atomic E-state index is 13.0. The van der Waals surface area contributed by atoms with Gasteiger partial charge in [-0.3, -0.25) is 19.5 Å². The molecule has 1 saturated heterocycles. The molecule has 150 valence electrons. The van der Waals surface area contributed by atoms with Gasteiger partial charge in [0.2, 0.25) is 5.43 Å². The van der Waals surface area contributed by atoms with Crippen molar-refractivity contribution in [1.82, 2.24) is 19.8 Å². The number of H-pyrrole nitrogens is 1. The first-order chi connectivity index (χ1) is 14.2. The number of para-hydroxylation sites is 1. The average molecular weight is 392 g/mol. The number of carbonyl (C=O) groups is 1. The molecular weight excluding hydrogens is 368 g/mol. The van der Waals surface area contributed by atoms with Gasteiger partial charge in [-0.05, 0) is 24.3 Å². The molecule has 3 aromatic rings. The Hall–Kier alpha value is -3.19. The Labute approximate surface area is 168 Å². The van der Waals surface area contributed by atoms with E-state index in [9.17, 15) is 9.59 Å². The highest BCUT2D eigenvalue weighted by Gasteiger charge is 2.24. The van der Waals surface area contributed by atoms with Crippen LogP contribution in [-0.2, 0) is 6.42 Å². The maximum atomic E-state index is 13.0. The van der Waals surface area contributed by atoms with Crippen molar-refractivity contribution < 1.29 is 9.53 Å². The zero-order chi connectivity index (χ0) is 20.2. The molecule has 4 rings (SSSR count). The predicted molar refractivity (Wildman–Crippen MR) is 111 cm³/mol. The summed E-state index contributed by atoms with van der Waals surface area (Å²) in [7, 11) is 1.56. The molecule has 0 saturated carbocycles. The van der Waals surface area contributed by atoms with Crippen molar-refractivity contribution in [1.29, 1.82) is 0 Å². The van der Waals surface area contributed by atoms with E-state index in [2.05, 4.69) is 14.9 Å². The van der Waals surface area contributed by atoms with Gasteiger partial charge in [-0.2, -0.15) is 0 Å². The van der Waals surface area contributed by atoms with Crippen LogP contribution < -0.4 is 10.2 Å². The van der Waals surface area contributed by atoms with Crippen molar-refractivity contribution in [2.75, 3.05) is 39.8 Å². The Morgan fingerprint density at radius 3 is 2.69 bits per heavy atom. The summed E-state index contributed by atoms with van der Waals surface area (Å²) >= 11 is 0. The molecule has 29 heavy (non-hydrogen) atoms. The van der Waals surface area contributed by atoms with Gasteiger partial charge in [0.25, 0.3) is 5.91 Å². The standard InChI is InChI=1S/C22H24N4O3/c1-29-19-7-4-6-17-20(19)24-15-18(21(17)27)22(28)26-13-11-25(12-14-26)10-8-16-5-2-3-9-23-16/h2-7,9,15H,8,10-14H2,1H3,(H,24,27). The van der Waals surface area contributed by atoms with E-state index in [1.54, 1.807) is 30.2 Å². The fourth-order valence-corrected chi connectivity index (χ4v) is 3.72. The molecule has 0 atom stereocenters. The first kappa shape index (κ1) is 19.1. The highest BCUT2D eigenvalue weighted by atomic mass is 16.5. The number of piperazine rings is 1. The van der Waals surface area contributed by atoms with Crippen LogP contribution in [0.25, 0.3) is 10.9 Å². The second-order valence-corrected chi connectivity index (χ2v) is 7.12. The fraction of sp³-hybridized carbons (Fsp3) is 0.318. The van der Waals surface area contributed by atoms with Gasteiger partial charge in [0.05, 0.1) is 18.0 Å². The van der Waals surface area contributed by atoms with Gasteiger partial charge in [0.1, 0.15) is 11.3 Å². The number of nitrogens with zero attached hydrogens (tertiary/aromatic N) is 3. The summed E-state index contributed by atoms with van der Waals surface area (Å²) in [5.41, 5.74) is 1.59. The lowest BCUT2D eigenvalue weighted by Gasteiger charge is -2.34. The molecule has 2 aromatic heterocycles. The fourth-order valence-electron chi connectivity index (χ4n) is 3.72. The Morgan fingerprint density at radius 2 is 1.97 bits per heavy atom. The van der Waals surface area contributed by atoms with Crippen molar-refractivity contribution >= 4 is 16.8 Å². The van der Waals surface area contributed by atoms with Gasteiger partial charge in [-0.1, -0.05) is 12.1 Å². The van der Waals surface area contributed by atoms with E-state index in [1.807, 2.05) is 24.4 Å². The van der Waals surface area contributed by atoms with Gasteiger partial charge in [0.15, 0.2) is 0 Å². The zero-order valence-electron chi connectivity index (χ0n) is 16.4. The number of hydrogen-bond donors (Lipinski definition) is 1. The number of rotatable bonds is 5. The lowest BCUT2D eigenvalue weighted by Crippen LogP contribution is -2.49. The van der Waals surface area contributed by atoms with Gasteiger partial charge >= 0.3 is 0 Å². The first-order valence-electron chi connectivity index (χ1n) is 9.77. The van der Waals surface area contributed by atoms with E-state index in [0.717, 1.165) is 31.7 Å². The summed E-state index contributed by atoms with van der Waals surface area (Å²) in [6.07, 6.45) is 4.20. The van der Waals surface area contributed by atoms with E-state index >= 15 is 0 Å². The summed E-state index contributed by atoms with van der Waals surface area (Å²) < 4.78 is 5.29. The summed E-state index contributed by atoms with van der Waals surface area (Å²) in [5.74, 6) is 0.362. The molecule has 0 bridgehead atoms. The number of methoxy groups -OCH3 is 1. The molecule has 1 amide bonds. The molecule has 3 heterocycles. The van der Waals surface area contributed by atoms with Crippen LogP contribution in [0.5, 0.6) is 5.75 Å². The SMILES string of the molecule is COc1cccc2c(=O)c(C(=O)N3CCN(CCc4ccccn4)CC3)c[nH]c12. The van der Waals surface area contributed by atoms with Gasteiger partial charge < -0.3 is 14.6 Å². The van der Waals surface area contributed by atoms with E-state index in [-0.39, 0.29) is 16.9 Å². The third kappa shape index (κ3) is 4.00. The average Bonchev–Trinajstić information content (AvgIpc) is 2.78. The number of ether oxygens (including phenoxy) is 1. The third-order valence-electron chi connectivity index (χ3n) is 5.40. The topological polar surface area (TPSA) is 78.5 Å². The van der Waals surface area contributed by atoms with E-state index < -0.39 is 0 Å². The van der Waals surface area contributed by atoms with Crippen molar-refractivity contribution in [2.24, 2.45) is 0 Å². The lowest BCUT2D eigenvalue weighted by molar-refractivity contribution is 0.0637. The smallest absolute Gasteiger partial charge is 0.259 e. The molecule has 1 aliphatic rings. The molecular formula is C22H24N4O3. The lowest BCUT2D eigenvalue weighted by atomic mass is 10.1. The second kappa shape index (κ2) is 8.45. The summed E-state index contributed by atoms with van der Waals surface area (Å²) in [4.78, 5) is 37.3. The summed E-state index contributed by atoms with van der Waals surface area (Å²) in [6.45, 7) is 3.71. The maximum Gasteiger partial charge on any atom is 0.259 e. The molecule has 1 N–H and O–H groups in total. The van der Waals surface area contributed by atoms with E-state index in [1.165, 1.54) is 6.20 Å². The number of fused-ring (bicyclic) bond motifs is 1.